The number of hydrogen-bond donors (Lipinski definition) is 1. The monoisotopic (exact) mass is 312 g/mol. The molecule has 120 valence electrons. The minimum atomic E-state index is -2.56. The predicted molar refractivity (Wildman–Crippen MR) is 77.1 cm³/mol. The zero-order valence-electron chi connectivity index (χ0n) is 12.4. The van der Waals surface area contributed by atoms with Crippen LogP contribution >= 0.6 is 0 Å². The van der Waals surface area contributed by atoms with Gasteiger partial charge in [0.2, 0.25) is 11.8 Å². The predicted octanol–water partition coefficient (Wildman–Crippen LogP) is 2.06. The first-order chi connectivity index (χ1) is 10.4. The van der Waals surface area contributed by atoms with Crippen LogP contribution in [0.1, 0.15) is 12.0 Å². The molecule has 1 atom stereocenters. The molecule has 1 aliphatic heterocycles. The number of benzene rings is 1. The van der Waals surface area contributed by atoms with Crippen molar-refractivity contribution < 1.29 is 23.1 Å². The fourth-order valence-corrected chi connectivity index (χ4v) is 2.27. The maximum Gasteiger partial charge on any atom is 0.272 e. The molecular formula is C15H18F2N2O3. The van der Waals surface area contributed by atoms with Crippen molar-refractivity contribution in [1.29, 1.82) is 0 Å². The fraction of sp³-hybridized carbons (Fsp3) is 0.467. The molecule has 0 radical (unpaired) electrons. The highest BCUT2D eigenvalue weighted by Gasteiger charge is 2.32. The zero-order chi connectivity index (χ0) is 16.3. The molecule has 5 nitrogen and oxygen atoms in total. The van der Waals surface area contributed by atoms with Gasteiger partial charge >= 0.3 is 0 Å². The maximum atomic E-state index is 12.2. The van der Waals surface area contributed by atoms with Gasteiger partial charge in [-0.15, -0.1) is 0 Å². The van der Waals surface area contributed by atoms with Crippen molar-refractivity contribution in [1.82, 2.24) is 4.90 Å². The Morgan fingerprint density at radius 2 is 2.23 bits per heavy atom. The van der Waals surface area contributed by atoms with Crippen LogP contribution in [0, 0.1) is 12.8 Å². The Balaban J connectivity index is 2.02. The zero-order valence-corrected chi connectivity index (χ0v) is 12.4. The van der Waals surface area contributed by atoms with Gasteiger partial charge in [-0.05, 0) is 18.6 Å². The molecule has 0 aliphatic carbocycles. The standard InChI is InChI=1S/C15H18F2N2O3/c1-9-3-4-11(6-12(9)22-8-13(16)17)18-15(21)10-5-14(20)19(2)7-10/h3-4,6,10,13H,5,7-8H2,1-2H3,(H,18,21)/t10-/m1/s1. The van der Waals surface area contributed by atoms with Gasteiger partial charge in [0.05, 0.1) is 5.92 Å². The number of nitrogens with zero attached hydrogens (tertiary/aromatic N) is 1. The summed E-state index contributed by atoms with van der Waals surface area (Å²) in [5.74, 6) is -0.423. The molecule has 1 fully saturated rings. The first-order valence-electron chi connectivity index (χ1n) is 6.93. The number of amides is 2. The lowest BCUT2D eigenvalue weighted by Crippen LogP contribution is -2.25. The molecular weight excluding hydrogens is 294 g/mol. The summed E-state index contributed by atoms with van der Waals surface area (Å²) in [7, 11) is 1.65. The molecule has 1 N–H and O–H groups in total. The molecule has 22 heavy (non-hydrogen) atoms. The maximum absolute atomic E-state index is 12.2. The Labute approximate surface area is 127 Å². The van der Waals surface area contributed by atoms with Crippen molar-refractivity contribution in [2.45, 2.75) is 19.8 Å². The molecule has 1 saturated heterocycles. The topological polar surface area (TPSA) is 58.6 Å². The van der Waals surface area contributed by atoms with Crippen LogP contribution in [0.3, 0.4) is 0 Å². The molecule has 0 unspecified atom stereocenters. The van der Waals surface area contributed by atoms with Crippen molar-refractivity contribution in [3.63, 3.8) is 0 Å². The summed E-state index contributed by atoms with van der Waals surface area (Å²) < 4.78 is 29.4. The van der Waals surface area contributed by atoms with Gasteiger partial charge < -0.3 is 15.0 Å². The summed E-state index contributed by atoms with van der Waals surface area (Å²) >= 11 is 0. The van der Waals surface area contributed by atoms with Crippen LogP contribution in [0.2, 0.25) is 0 Å². The van der Waals surface area contributed by atoms with Crippen LogP contribution in [0.5, 0.6) is 5.75 Å². The summed E-state index contributed by atoms with van der Waals surface area (Å²) in [6, 6.07) is 4.86. The number of carbonyl (C=O) groups is 2. The van der Waals surface area contributed by atoms with Gasteiger partial charge in [-0.2, -0.15) is 0 Å². The van der Waals surface area contributed by atoms with E-state index >= 15 is 0 Å². The van der Waals surface area contributed by atoms with Crippen molar-refractivity contribution in [3.8, 4) is 5.75 Å². The molecule has 1 aromatic rings. The van der Waals surface area contributed by atoms with E-state index < -0.39 is 19.0 Å². The summed E-state index contributed by atoms with van der Waals surface area (Å²) in [6.45, 7) is 1.42. The van der Waals surface area contributed by atoms with Gasteiger partial charge in [-0.1, -0.05) is 6.07 Å². The highest BCUT2D eigenvalue weighted by molar-refractivity contribution is 5.97. The second-order valence-electron chi connectivity index (χ2n) is 5.35. The molecule has 2 rings (SSSR count). The molecule has 2 amide bonds. The number of likely N-dealkylation sites (tertiary alicyclic amines) is 1. The molecule has 0 aromatic heterocycles. The van der Waals surface area contributed by atoms with Crippen LogP contribution in [-0.2, 0) is 9.59 Å². The number of nitrogens with one attached hydrogen (secondary N) is 1. The van der Waals surface area contributed by atoms with E-state index in [1.165, 1.54) is 11.0 Å². The summed E-state index contributed by atoms with van der Waals surface area (Å²) in [5.41, 5.74) is 1.16. The lowest BCUT2D eigenvalue weighted by molar-refractivity contribution is -0.127. The largest absolute Gasteiger partial charge is 0.487 e. The average Bonchev–Trinajstić information content (AvgIpc) is 2.79. The Morgan fingerprint density at radius 3 is 2.82 bits per heavy atom. The van der Waals surface area contributed by atoms with Gasteiger partial charge in [-0.3, -0.25) is 9.59 Å². The van der Waals surface area contributed by atoms with Crippen LogP contribution in [0.4, 0.5) is 14.5 Å². The number of hydrogen-bond acceptors (Lipinski definition) is 3. The Bertz CT molecular complexity index is 578. The Hall–Kier alpha value is -2.18. The van der Waals surface area contributed by atoms with E-state index in [-0.39, 0.29) is 18.2 Å². The third kappa shape index (κ3) is 3.93. The van der Waals surface area contributed by atoms with Crippen LogP contribution < -0.4 is 10.1 Å². The van der Waals surface area contributed by atoms with Crippen molar-refractivity contribution >= 4 is 17.5 Å². The van der Waals surface area contributed by atoms with Gasteiger partial charge in [0.15, 0.2) is 0 Å². The van der Waals surface area contributed by atoms with Crippen LogP contribution in [-0.4, -0.2) is 43.3 Å². The number of ether oxygens (including phenoxy) is 1. The second-order valence-corrected chi connectivity index (χ2v) is 5.35. The van der Waals surface area contributed by atoms with E-state index in [0.717, 1.165) is 0 Å². The highest BCUT2D eigenvalue weighted by Crippen LogP contribution is 2.24. The van der Waals surface area contributed by atoms with E-state index in [0.29, 0.717) is 23.5 Å². The summed E-state index contributed by atoms with van der Waals surface area (Å²) in [4.78, 5) is 25.1. The molecule has 0 saturated carbocycles. The molecule has 1 aliphatic rings. The normalized spacial score (nSPS) is 18.0. The van der Waals surface area contributed by atoms with Crippen LogP contribution in [0.15, 0.2) is 18.2 Å². The number of anilines is 1. The minimum absolute atomic E-state index is 0.0648. The SMILES string of the molecule is Cc1ccc(NC(=O)[C@@H]2CC(=O)N(C)C2)cc1OCC(F)F. The Morgan fingerprint density at radius 1 is 1.50 bits per heavy atom. The van der Waals surface area contributed by atoms with E-state index in [4.69, 9.17) is 4.74 Å². The lowest BCUT2D eigenvalue weighted by atomic mass is 10.1. The second kappa shape index (κ2) is 6.72. The van der Waals surface area contributed by atoms with E-state index in [2.05, 4.69) is 5.32 Å². The third-order valence-electron chi connectivity index (χ3n) is 3.53. The minimum Gasteiger partial charge on any atom is -0.487 e. The smallest absolute Gasteiger partial charge is 0.272 e. The number of aryl methyl sites for hydroxylation is 1. The summed E-state index contributed by atoms with van der Waals surface area (Å²) in [5, 5.41) is 2.69. The average molecular weight is 312 g/mol. The summed E-state index contributed by atoms with van der Waals surface area (Å²) in [6.07, 6.45) is -2.37. The third-order valence-corrected chi connectivity index (χ3v) is 3.53. The highest BCUT2D eigenvalue weighted by atomic mass is 19.3. The molecule has 0 spiro atoms. The van der Waals surface area contributed by atoms with E-state index in [9.17, 15) is 18.4 Å². The Kier molecular flexibility index (Phi) is 4.95. The van der Waals surface area contributed by atoms with Gasteiger partial charge in [0, 0.05) is 31.8 Å². The van der Waals surface area contributed by atoms with Crippen molar-refractivity contribution in [2.75, 3.05) is 25.5 Å². The lowest BCUT2D eigenvalue weighted by Gasteiger charge is -2.13. The molecule has 1 aromatic carbocycles. The van der Waals surface area contributed by atoms with E-state index in [1.54, 1.807) is 26.1 Å². The number of alkyl halides is 2. The first kappa shape index (κ1) is 16.2. The number of carbonyl (C=O) groups excluding carboxylic acids is 2. The molecule has 7 heteroatoms. The van der Waals surface area contributed by atoms with Crippen molar-refractivity contribution in [2.24, 2.45) is 5.92 Å². The van der Waals surface area contributed by atoms with Crippen molar-refractivity contribution in [3.05, 3.63) is 23.8 Å². The molecule has 1 heterocycles. The van der Waals surface area contributed by atoms with E-state index in [1.807, 2.05) is 0 Å². The first-order valence-corrected chi connectivity index (χ1v) is 6.93. The quantitative estimate of drug-likeness (QED) is 0.905. The van der Waals surface area contributed by atoms with Gasteiger partial charge in [0.1, 0.15) is 12.4 Å². The van der Waals surface area contributed by atoms with Gasteiger partial charge in [0.25, 0.3) is 6.43 Å². The fourth-order valence-electron chi connectivity index (χ4n) is 2.27. The van der Waals surface area contributed by atoms with Crippen LogP contribution in [0.25, 0.3) is 0 Å². The molecule has 0 bridgehead atoms. The number of halogens is 2. The number of rotatable bonds is 5. The van der Waals surface area contributed by atoms with Gasteiger partial charge in [-0.25, -0.2) is 8.78 Å².